The van der Waals surface area contributed by atoms with Crippen molar-refractivity contribution in [3.05, 3.63) is 40.8 Å². The number of ether oxygens (including phenoxy) is 2. The van der Waals surface area contributed by atoms with E-state index in [2.05, 4.69) is 10.6 Å². The van der Waals surface area contributed by atoms with Crippen LogP contribution in [-0.4, -0.2) is 37.2 Å². The van der Waals surface area contributed by atoms with Crippen LogP contribution >= 0.6 is 0 Å². The van der Waals surface area contributed by atoms with Gasteiger partial charge in [0, 0.05) is 5.69 Å². The van der Waals surface area contributed by atoms with Gasteiger partial charge in [0.05, 0.1) is 29.5 Å². The third-order valence-electron chi connectivity index (χ3n) is 3.73. The van der Waals surface area contributed by atoms with Crippen LogP contribution in [0.3, 0.4) is 0 Å². The van der Waals surface area contributed by atoms with Crippen molar-refractivity contribution in [2.24, 2.45) is 0 Å². The fourth-order valence-corrected chi connectivity index (χ4v) is 2.51. The molecule has 9 heteroatoms. The maximum absolute atomic E-state index is 13.1. The lowest BCUT2D eigenvalue weighted by atomic mass is 10.0. The number of anilines is 1. The molecule has 0 spiro atoms. The largest absolute Gasteiger partial charge is 0.463 e. The predicted molar refractivity (Wildman–Crippen MR) is 90.5 cm³/mol. The van der Waals surface area contributed by atoms with Gasteiger partial charge in [0.15, 0.2) is 0 Å². The first-order valence-electron chi connectivity index (χ1n) is 8.07. The Morgan fingerprint density at radius 3 is 2.58 bits per heavy atom. The maximum Gasteiger partial charge on any atom is 0.340 e. The molecular formula is C17H20FN3O5. The number of benzene rings is 1. The van der Waals surface area contributed by atoms with Gasteiger partial charge in [0.25, 0.3) is 0 Å². The summed E-state index contributed by atoms with van der Waals surface area (Å²) in [7, 11) is 0. The molecule has 1 aromatic carbocycles. The number of nitrogens with two attached hydrogens (primary N) is 1. The minimum atomic E-state index is -0.806. The molecule has 0 unspecified atom stereocenters. The van der Waals surface area contributed by atoms with Gasteiger partial charge < -0.3 is 25.8 Å². The van der Waals surface area contributed by atoms with Gasteiger partial charge >= 0.3 is 18.0 Å². The number of hydrogen-bond donors (Lipinski definition) is 3. The van der Waals surface area contributed by atoms with Gasteiger partial charge in [-0.15, -0.1) is 0 Å². The molecule has 2 rings (SSSR count). The quantitative estimate of drug-likeness (QED) is 0.519. The van der Waals surface area contributed by atoms with E-state index in [4.69, 9.17) is 15.2 Å². The normalized spacial score (nSPS) is 16.6. The number of rotatable bonds is 6. The molecule has 0 radical (unpaired) electrons. The van der Waals surface area contributed by atoms with Gasteiger partial charge in [-0.2, -0.15) is 0 Å². The van der Waals surface area contributed by atoms with Crippen molar-refractivity contribution in [1.82, 2.24) is 10.6 Å². The Bertz CT molecular complexity index is 763. The second kappa shape index (κ2) is 8.32. The first-order chi connectivity index (χ1) is 12.4. The smallest absolute Gasteiger partial charge is 0.340 e. The van der Waals surface area contributed by atoms with Crippen molar-refractivity contribution in [3.63, 3.8) is 0 Å². The van der Waals surface area contributed by atoms with Gasteiger partial charge in [0.2, 0.25) is 0 Å². The van der Waals surface area contributed by atoms with Crippen LogP contribution in [0.2, 0.25) is 0 Å². The van der Waals surface area contributed by atoms with Crippen LogP contribution in [0.4, 0.5) is 14.9 Å². The zero-order valence-electron chi connectivity index (χ0n) is 14.4. The number of carbonyl (C=O) groups excluding carboxylic acids is 3. The molecule has 26 heavy (non-hydrogen) atoms. The van der Waals surface area contributed by atoms with Crippen molar-refractivity contribution in [1.29, 1.82) is 0 Å². The molecule has 0 saturated carbocycles. The summed E-state index contributed by atoms with van der Waals surface area (Å²) in [6.45, 7) is 3.24. The molecule has 0 fully saturated rings. The molecule has 1 aliphatic heterocycles. The summed E-state index contributed by atoms with van der Waals surface area (Å²) in [5.74, 6) is -2.00. The fourth-order valence-electron chi connectivity index (χ4n) is 2.51. The van der Waals surface area contributed by atoms with Crippen LogP contribution in [-0.2, 0) is 14.3 Å². The van der Waals surface area contributed by atoms with Gasteiger partial charge in [0.1, 0.15) is 12.4 Å². The zero-order valence-corrected chi connectivity index (χ0v) is 14.4. The zero-order chi connectivity index (χ0) is 19.3. The average molecular weight is 365 g/mol. The van der Waals surface area contributed by atoms with Crippen LogP contribution in [0, 0.1) is 5.82 Å². The SMILES string of the molecule is CCOC(=O)C1=C(COC(=O)c2ccc(F)cc2N)NC(=O)N[C@@H]1CC. The molecule has 0 bridgehead atoms. The van der Waals surface area contributed by atoms with Gasteiger partial charge in [-0.05, 0) is 31.5 Å². The molecule has 1 aliphatic rings. The Morgan fingerprint density at radius 2 is 1.96 bits per heavy atom. The lowest BCUT2D eigenvalue weighted by Gasteiger charge is -2.28. The summed E-state index contributed by atoms with van der Waals surface area (Å²) in [5, 5.41) is 5.07. The molecular weight excluding hydrogens is 345 g/mol. The number of hydrogen-bond acceptors (Lipinski definition) is 6. The Balaban J connectivity index is 2.23. The van der Waals surface area contributed by atoms with E-state index >= 15 is 0 Å². The number of esters is 2. The Labute approximate surface area is 149 Å². The van der Waals surface area contributed by atoms with E-state index < -0.39 is 29.8 Å². The summed E-state index contributed by atoms with van der Waals surface area (Å²) in [6.07, 6.45) is 0.448. The Morgan fingerprint density at radius 1 is 1.23 bits per heavy atom. The number of carbonyl (C=O) groups is 3. The summed E-state index contributed by atoms with van der Waals surface area (Å²) in [6, 6.07) is 2.20. The van der Waals surface area contributed by atoms with Crippen molar-refractivity contribution < 1.29 is 28.2 Å². The Kier molecular flexibility index (Phi) is 6.16. The molecule has 0 aromatic heterocycles. The molecule has 0 saturated heterocycles. The van der Waals surface area contributed by atoms with E-state index in [9.17, 15) is 18.8 Å². The summed E-state index contributed by atoms with van der Waals surface area (Å²) >= 11 is 0. The summed E-state index contributed by atoms with van der Waals surface area (Å²) in [4.78, 5) is 36.1. The highest BCUT2D eigenvalue weighted by Crippen LogP contribution is 2.19. The summed E-state index contributed by atoms with van der Waals surface area (Å²) in [5.41, 5.74) is 5.84. The first kappa shape index (κ1) is 19.2. The third-order valence-corrected chi connectivity index (χ3v) is 3.73. The second-order valence-electron chi connectivity index (χ2n) is 5.48. The summed E-state index contributed by atoms with van der Waals surface area (Å²) < 4.78 is 23.2. The van der Waals surface area contributed by atoms with Crippen molar-refractivity contribution in [2.75, 3.05) is 18.9 Å². The van der Waals surface area contributed by atoms with Crippen LogP contribution in [0.5, 0.6) is 0 Å². The van der Waals surface area contributed by atoms with Gasteiger partial charge in [-0.25, -0.2) is 18.8 Å². The average Bonchev–Trinajstić information content (AvgIpc) is 2.59. The standard InChI is InChI=1S/C17H20FN3O5/c1-3-12-14(16(23)25-4-2)13(21-17(24)20-12)8-26-15(22)10-6-5-9(18)7-11(10)19/h5-7,12H,3-4,8,19H2,1-2H3,(H2,20,21,24)/t12-/m1/s1. The minimum Gasteiger partial charge on any atom is -0.463 e. The van der Waals surface area contributed by atoms with E-state index in [1.807, 2.05) is 0 Å². The van der Waals surface area contributed by atoms with Crippen LogP contribution in [0.1, 0.15) is 30.6 Å². The van der Waals surface area contributed by atoms with E-state index in [-0.39, 0.29) is 35.7 Å². The molecule has 1 atom stereocenters. The number of nitrogens with one attached hydrogen (secondary N) is 2. The number of amides is 2. The topological polar surface area (TPSA) is 120 Å². The van der Waals surface area contributed by atoms with Crippen LogP contribution < -0.4 is 16.4 Å². The lowest BCUT2D eigenvalue weighted by molar-refractivity contribution is -0.139. The molecule has 2 amide bonds. The van der Waals surface area contributed by atoms with E-state index in [1.165, 1.54) is 6.07 Å². The molecule has 0 aliphatic carbocycles. The molecule has 8 nitrogen and oxygen atoms in total. The van der Waals surface area contributed by atoms with Crippen LogP contribution in [0.15, 0.2) is 29.5 Å². The highest BCUT2D eigenvalue weighted by Gasteiger charge is 2.32. The third kappa shape index (κ3) is 4.29. The first-order valence-corrected chi connectivity index (χ1v) is 8.07. The maximum atomic E-state index is 13.1. The second-order valence-corrected chi connectivity index (χ2v) is 5.48. The minimum absolute atomic E-state index is 0.0167. The van der Waals surface area contributed by atoms with Crippen molar-refractivity contribution in [2.45, 2.75) is 26.3 Å². The van der Waals surface area contributed by atoms with E-state index in [1.54, 1.807) is 13.8 Å². The van der Waals surface area contributed by atoms with Gasteiger partial charge in [-0.3, -0.25) is 0 Å². The van der Waals surface area contributed by atoms with Crippen molar-refractivity contribution >= 4 is 23.7 Å². The molecule has 1 heterocycles. The molecule has 1 aromatic rings. The lowest BCUT2D eigenvalue weighted by Crippen LogP contribution is -2.51. The van der Waals surface area contributed by atoms with Crippen LogP contribution in [0.25, 0.3) is 0 Å². The fraction of sp³-hybridized carbons (Fsp3) is 0.353. The van der Waals surface area contributed by atoms with Crippen molar-refractivity contribution in [3.8, 4) is 0 Å². The number of nitrogen functional groups attached to an aromatic ring is 1. The number of halogens is 1. The van der Waals surface area contributed by atoms with E-state index in [0.717, 1.165) is 12.1 Å². The van der Waals surface area contributed by atoms with Gasteiger partial charge in [-0.1, -0.05) is 6.92 Å². The van der Waals surface area contributed by atoms with E-state index in [0.29, 0.717) is 6.42 Å². The predicted octanol–water partition coefficient (Wildman–Crippen LogP) is 1.47. The number of urea groups is 1. The highest BCUT2D eigenvalue weighted by atomic mass is 19.1. The highest BCUT2D eigenvalue weighted by molar-refractivity contribution is 5.96. The monoisotopic (exact) mass is 365 g/mol. The molecule has 4 N–H and O–H groups in total. The molecule has 140 valence electrons. The Hall–Kier alpha value is -3.10.